The number of hydrogen-bond acceptors (Lipinski definition) is 2. The molecule has 0 fully saturated rings. The second-order valence-electron chi connectivity index (χ2n) is 7.95. The molecular weight excluding hydrogens is 455 g/mol. The van der Waals surface area contributed by atoms with Gasteiger partial charge in [0.15, 0.2) is 0 Å². The summed E-state index contributed by atoms with van der Waals surface area (Å²) < 4.78 is 43.5. The van der Waals surface area contributed by atoms with Gasteiger partial charge in [0.1, 0.15) is 5.75 Å². The number of alkyl halides is 3. The minimum Gasteiger partial charge on any atom is -0.406 e. The van der Waals surface area contributed by atoms with Crippen LogP contribution < -0.4 is 10.1 Å². The van der Waals surface area contributed by atoms with Crippen LogP contribution in [0.15, 0.2) is 48.8 Å². The summed E-state index contributed by atoms with van der Waals surface area (Å²) in [5.74, 6) is -0.292. The normalized spacial score (nSPS) is 11.9. The molecule has 9 heteroatoms. The average molecular weight is 478 g/mol. The van der Waals surface area contributed by atoms with E-state index in [2.05, 4.69) is 15.0 Å². The van der Waals surface area contributed by atoms with Gasteiger partial charge in [-0.15, -0.1) is 13.2 Å². The van der Waals surface area contributed by atoms with E-state index < -0.39 is 6.36 Å². The van der Waals surface area contributed by atoms with Crippen LogP contribution >= 0.6 is 11.6 Å². The van der Waals surface area contributed by atoms with Crippen LogP contribution in [0.5, 0.6) is 5.75 Å². The fourth-order valence-corrected chi connectivity index (χ4v) is 4.22. The van der Waals surface area contributed by atoms with Crippen LogP contribution in [-0.2, 0) is 24.7 Å². The number of halogens is 4. The molecule has 2 heterocycles. The first-order valence-electron chi connectivity index (χ1n) is 10.6. The smallest absolute Gasteiger partial charge is 0.406 e. The first-order valence-corrected chi connectivity index (χ1v) is 10.9. The zero-order valence-electron chi connectivity index (χ0n) is 17.9. The van der Waals surface area contributed by atoms with Gasteiger partial charge in [0.05, 0.1) is 0 Å². The van der Waals surface area contributed by atoms with E-state index in [0.717, 1.165) is 27.5 Å². The van der Waals surface area contributed by atoms with Crippen LogP contribution in [0.4, 0.5) is 13.2 Å². The van der Waals surface area contributed by atoms with Crippen molar-refractivity contribution in [3.05, 3.63) is 64.9 Å². The number of carbonyl (C=O) groups is 1. The number of aromatic amines is 1. The molecule has 174 valence electrons. The van der Waals surface area contributed by atoms with E-state index in [1.165, 1.54) is 12.1 Å². The average Bonchev–Trinajstić information content (AvgIpc) is 3.28. The maximum atomic E-state index is 12.5. The second kappa shape index (κ2) is 9.39. The zero-order valence-corrected chi connectivity index (χ0v) is 18.7. The van der Waals surface area contributed by atoms with Gasteiger partial charge in [0.25, 0.3) is 0 Å². The third-order valence-electron chi connectivity index (χ3n) is 5.57. The highest BCUT2D eigenvalue weighted by Crippen LogP contribution is 2.29. The van der Waals surface area contributed by atoms with E-state index in [1.54, 1.807) is 6.07 Å². The fraction of sp³-hybridized carbons (Fsp3) is 0.292. The van der Waals surface area contributed by atoms with Gasteiger partial charge < -0.3 is 19.6 Å². The predicted molar refractivity (Wildman–Crippen MR) is 123 cm³/mol. The predicted octanol–water partition coefficient (Wildman–Crippen LogP) is 5.89. The Balaban J connectivity index is 1.29. The minimum absolute atomic E-state index is 0.0508. The van der Waals surface area contributed by atoms with E-state index in [9.17, 15) is 18.0 Å². The van der Waals surface area contributed by atoms with Crippen LogP contribution in [0.25, 0.3) is 21.8 Å². The monoisotopic (exact) mass is 477 g/mol. The van der Waals surface area contributed by atoms with Crippen LogP contribution in [0.2, 0.25) is 5.02 Å². The summed E-state index contributed by atoms with van der Waals surface area (Å²) in [6, 6.07) is 9.94. The summed E-state index contributed by atoms with van der Waals surface area (Å²) in [6.07, 6.45) is 1.29. The number of nitrogens with one attached hydrogen (secondary N) is 2. The molecule has 2 aromatic carbocycles. The largest absolute Gasteiger partial charge is 0.573 e. The topological polar surface area (TPSA) is 59.0 Å². The molecule has 0 radical (unpaired) electrons. The quantitative estimate of drug-likeness (QED) is 0.311. The maximum Gasteiger partial charge on any atom is 0.573 e. The van der Waals surface area contributed by atoms with Gasteiger partial charge in [0, 0.05) is 59.2 Å². The number of fused-ring (bicyclic) bond motifs is 2. The van der Waals surface area contributed by atoms with Gasteiger partial charge in [-0.3, -0.25) is 4.79 Å². The van der Waals surface area contributed by atoms with Crippen molar-refractivity contribution < 1.29 is 22.7 Å². The summed E-state index contributed by atoms with van der Waals surface area (Å²) >= 11 is 6.07. The van der Waals surface area contributed by atoms with Crippen molar-refractivity contribution in [1.29, 1.82) is 0 Å². The first kappa shape index (κ1) is 23.0. The number of rotatable bonds is 8. The second-order valence-corrected chi connectivity index (χ2v) is 8.39. The number of benzene rings is 2. The molecule has 0 aliphatic heterocycles. The van der Waals surface area contributed by atoms with Crippen LogP contribution in [0, 0.1) is 0 Å². The molecule has 0 saturated carbocycles. The number of carbonyl (C=O) groups excluding carboxylic acids is 1. The summed E-state index contributed by atoms with van der Waals surface area (Å²) in [7, 11) is 1.84. The molecule has 0 aliphatic carbocycles. The Morgan fingerprint density at radius 1 is 1.12 bits per heavy atom. The van der Waals surface area contributed by atoms with Gasteiger partial charge in [-0.05, 0) is 66.8 Å². The first-order chi connectivity index (χ1) is 15.7. The molecule has 0 unspecified atom stereocenters. The lowest BCUT2D eigenvalue weighted by atomic mass is 10.1. The molecule has 0 saturated heterocycles. The van der Waals surface area contributed by atoms with Crippen molar-refractivity contribution in [2.45, 2.75) is 32.0 Å². The molecule has 0 aliphatic rings. The van der Waals surface area contributed by atoms with Crippen molar-refractivity contribution in [3.8, 4) is 5.75 Å². The lowest BCUT2D eigenvalue weighted by molar-refractivity contribution is -0.274. The Labute approximate surface area is 193 Å². The van der Waals surface area contributed by atoms with Gasteiger partial charge in [-0.2, -0.15) is 0 Å². The fourth-order valence-electron chi connectivity index (χ4n) is 4.05. The lowest BCUT2D eigenvalue weighted by Crippen LogP contribution is -2.24. The Morgan fingerprint density at radius 2 is 1.94 bits per heavy atom. The molecule has 0 spiro atoms. The van der Waals surface area contributed by atoms with Crippen molar-refractivity contribution in [2.24, 2.45) is 7.05 Å². The molecule has 2 aromatic heterocycles. The van der Waals surface area contributed by atoms with Crippen LogP contribution in [0.1, 0.15) is 24.0 Å². The number of aromatic nitrogens is 2. The molecular formula is C24H23ClF3N3O2. The van der Waals surface area contributed by atoms with E-state index >= 15 is 0 Å². The summed E-state index contributed by atoms with van der Waals surface area (Å²) in [5, 5.41) is 5.29. The number of amides is 1. The van der Waals surface area contributed by atoms with Crippen molar-refractivity contribution in [3.63, 3.8) is 0 Å². The van der Waals surface area contributed by atoms with Gasteiger partial charge >= 0.3 is 6.36 Å². The minimum atomic E-state index is -4.73. The third kappa shape index (κ3) is 5.63. The highest BCUT2D eigenvalue weighted by molar-refractivity contribution is 6.31. The molecule has 2 N–H and O–H groups in total. The molecule has 0 bridgehead atoms. The number of hydrogen-bond donors (Lipinski definition) is 2. The van der Waals surface area contributed by atoms with Crippen molar-refractivity contribution in [2.75, 3.05) is 6.54 Å². The Kier molecular flexibility index (Phi) is 6.56. The zero-order chi connectivity index (χ0) is 23.6. The number of ether oxygens (including phenoxy) is 1. The van der Waals surface area contributed by atoms with Gasteiger partial charge in [-0.1, -0.05) is 11.6 Å². The van der Waals surface area contributed by atoms with Crippen LogP contribution in [0.3, 0.4) is 0 Å². The van der Waals surface area contributed by atoms with Gasteiger partial charge in [-0.25, -0.2) is 0 Å². The molecule has 5 nitrogen and oxygen atoms in total. The Bertz CT molecular complexity index is 1290. The lowest BCUT2D eigenvalue weighted by Gasteiger charge is -2.09. The molecule has 1 amide bonds. The SMILES string of the molecule is Cn1cc(CCCNC(=O)CCc2c[nH]c3ccc(Cl)cc23)c2cc(OC(F)(F)F)ccc21. The van der Waals surface area contributed by atoms with Gasteiger partial charge in [0.2, 0.25) is 5.91 Å². The van der Waals surface area contributed by atoms with E-state index in [0.29, 0.717) is 42.6 Å². The number of nitrogens with zero attached hydrogens (tertiary/aromatic N) is 1. The highest BCUT2D eigenvalue weighted by atomic mass is 35.5. The van der Waals surface area contributed by atoms with E-state index in [1.807, 2.05) is 42.2 Å². The Morgan fingerprint density at radius 3 is 2.73 bits per heavy atom. The third-order valence-corrected chi connectivity index (χ3v) is 5.81. The summed E-state index contributed by atoms with van der Waals surface area (Å²) in [5.41, 5.74) is 3.75. The maximum absolute atomic E-state index is 12.5. The van der Waals surface area contributed by atoms with E-state index in [4.69, 9.17) is 11.6 Å². The summed E-state index contributed by atoms with van der Waals surface area (Å²) in [4.78, 5) is 15.5. The number of aryl methyl sites for hydroxylation is 3. The van der Waals surface area contributed by atoms with E-state index in [-0.39, 0.29) is 11.7 Å². The standard InChI is InChI=1S/C24H23ClF3N3O2/c1-31-14-16(20-12-18(6-8-22(20)31)33-24(26,27)28)3-2-10-29-23(32)9-4-15-13-30-21-7-5-17(25)11-19(15)21/h5-8,11-14,30H,2-4,9-10H2,1H3,(H,29,32). The molecule has 4 aromatic rings. The van der Waals surface area contributed by atoms with Crippen molar-refractivity contribution >= 4 is 39.3 Å². The number of H-pyrrole nitrogens is 1. The molecule has 4 rings (SSSR count). The highest BCUT2D eigenvalue weighted by Gasteiger charge is 2.31. The molecule has 0 atom stereocenters. The Hall–Kier alpha value is -3.13. The van der Waals surface area contributed by atoms with Crippen molar-refractivity contribution in [1.82, 2.24) is 14.9 Å². The molecule has 33 heavy (non-hydrogen) atoms. The van der Waals surface area contributed by atoms with Crippen LogP contribution in [-0.4, -0.2) is 28.4 Å². The summed E-state index contributed by atoms with van der Waals surface area (Å²) in [6.45, 7) is 0.480.